The van der Waals surface area contributed by atoms with E-state index in [2.05, 4.69) is 0 Å². The minimum Gasteiger partial charge on any atom is -0.504 e. The molecular formula is C12H19NO2. The van der Waals surface area contributed by atoms with E-state index in [4.69, 9.17) is 10.5 Å². The van der Waals surface area contributed by atoms with E-state index >= 15 is 0 Å². The second-order valence-corrected chi connectivity index (χ2v) is 3.72. The lowest BCUT2D eigenvalue weighted by Gasteiger charge is -2.10. The van der Waals surface area contributed by atoms with Crippen molar-refractivity contribution >= 4 is 0 Å². The fourth-order valence-corrected chi connectivity index (χ4v) is 1.62. The summed E-state index contributed by atoms with van der Waals surface area (Å²) >= 11 is 0. The molecule has 84 valence electrons. The van der Waals surface area contributed by atoms with Crippen molar-refractivity contribution in [3.05, 3.63) is 23.3 Å². The summed E-state index contributed by atoms with van der Waals surface area (Å²) in [5, 5.41) is 9.86. The molecule has 0 aliphatic carbocycles. The van der Waals surface area contributed by atoms with Crippen LogP contribution in [0.1, 0.15) is 24.0 Å². The Morgan fingerprint density at radius 1 is 1.33 bits per heavy atom. The van der Waals surface area contributed by atoms with Crippen molar-refractivity contribution in [1.29, 1.82) is 0 Å². The van der Waals surface area contributed by atoms with E-state index in [0.29, 0.717) is 12.3 Å². The SMILES string of the molecule is COc1cc(C)cc(CCCCN)c1O. The standard InChI is InChI=1S/C12H19NO2/c1-9-7-10(5-3-4-6-13)12(14)11(8-9)15-2/h7-8,14H,3-6,13H2,1-2H3. The summed E-state index contributed by atoms with van der Waals surface area (Å²) in [6, 6.07) is 3.83. The smallest absolute Gasteiger partial charge is 0.161 e. The van der Waals surface area contributed by atoms with E-state index in [1.54, 1.807) is 7.11 Å². The summed E-state index contributed by atoms with van der Waals surface area (Å²) in [7, 11) is 1.57. The molecule has 0 bridgehead atoms. The largest absolute Gasteiger partial charge is 0.504 e. The van der Waals surface area contributed by atoms with Crippen molar-refractivity contribution < 1.29 is 9.84 Å². The molecule has 0 atom stereocenters. The molecular weight excluding hydrogens is 190 g/mol. The van der Waals surface area contributed by atoms with Gasteiger partial charge in [0.1, 0.15) is 0 Å². The predicted molar refractivity (Wildman–Crippen MR) is 61.4 cm³/mol. The average molecular weight is 209 g/mol. The number of phenolic OH excluding ortho intramolecular Hbond substituents is 1. The molecule has 0 unspecified atom stereocenters. The summed E-state index contributed by atoms with van der Waals surface area (Å²) < 4.78 is 5.10. The van der Waals surface area contributed by atoms with E-state index in [9.17, 15) is 5.11 Å². The fourth-order valence-electron chi connectivity index (χ4n) is 1.62. The zero-order chi connectivity index (χ0) is 11.3. The van der Waals surface area contributed by atoms with Crippen LogP contribution in [0.25, 0.3) is 0 Å². The molecule has 0 aliphatic rings. The van der Waals surface area contributed by atoms with Crippen molar-refractivity contribution in [2.75, 3.05) is 13.7 Å². The van der Waals surface area contributed by atoms with Crippen LogP contribution >= 0.6 is 0 Å². The number of unbranched alkanes of at least 4 members (excludes halogenated alkanes) is 1. The average Bonchev–Trinajstić information content (AvgIpc) is 2.23. The number of methoxy groups -OCH3 is 1. The topological polar surface area (TPSA) is 55.5 Å². The van der Waals surface area contributed by atoms with Gasteiger partial charge in [0.25, 0.3) is 0 Å². The van der Waals surface area contributed by atoms with Crippen LogP contribution in [-0.2, 0) is 6.42 Å². The first-order valence-electron chi connectivity index (χ1n) is 5.25. The maximum Gasteiger partial charge on any atom is 0.161 e. The third-order valence-electron chi connectivity index (χ3n) is 2.42. The highest BCUT2D eigenvalue weighted by molar-refractivity contribution is 5.48. The van der Waals surface area contributed by atoms with Crippen molar-refractivity contribution in [2.45, 2.75) is 26.2 Å². The van der Waals surface area contributed by atoms with Gasteiger partial charge in [-0.1, -0.05) is 6.07 Å². The molecule has 0 saturated heterocycles. The Hall–Kier alpha value is -1.22. The third kappa shape index (κ3) is 3.13. The summed E-state index contributed by atoms with van der Waals surface area (Å²) in [6.07, 6.45) is 2.83. The molecule has 1 aromatic rings. The minimum absolute atomic E-state index is 0.264. The van der Waals surface area contributed by atoms with Crippen molar-refractivity contribution in [3.63, 3.8) is 0 Å². The highest BCUT2D eigenvalue weighted by Gasteiger charge is 2.08. The number of hydrogen-bond donors (Lipinski definition) is 2. The van der Waals surface area contributed by atoms with Gasteiger partial charge in [-0.05, 0) is 49.9 Å². The second kappa shape index (κ2) is 5.61. The van der Waals surface area contributed by atoms with Crippen LogP contribution in [0.5, 0.6) is 11.5 Å². The Balaban J connectivity index is 2.81. The van der Waals surface area contributed by atoms with Gasteiger partial charge in [-0.2, -0.15) is 0 Å². The second-order valence-electron chi connectivity index (χ2n) is 3.72. The molecule has 0 fully saturated rings. The van der Waals surface area contributed by atoms with Gasteiger partial charge >= 0.3 is 0 Å². The van der Waals surface area contributed by atoms with Crippen LogP contribution in [0.3, 0.4) is 0 Å². The van der Waals surface area contributed by atoms with Gasteiger partial charge in [-0.25, -0.2) is 0 Å². The predicted octanol–water partition coefficient (Wildman–Crippen LogP) is 1.99. The monoisotopic (exact) mass is 209 g/mol. The molecule has 3 N–H and O–H groups in total. The molecule has 0 aromatic heterocycles. The molecule has 15 heavy (non-hydrogen) atoms. The lowest BCUT2D eigenvalue weighted by molar-refractivity contribution is 0.370. The summed E-state index contributed by atoms with van der Waals surface area (Å²) in [5.74, 6) is 0.817. The molecule has 1 rings (SSSR count). The third-order valence-corrected chi connectivity index (χ3v) is 2.42. The molecule has 0 heterocycles. The van der Waals surface area contributed by atoms with Crippen LogP contribution in [0.4, 0.5) is 0 Å². The lowest BCUT2D eigenvalue weighted by Crippen LogP contribution is -1.99. The highest BCUT2D eigenvalue weighted by Crippen LogP contribution is 2.32. The van der Waals surface area contributed by atoms with Gasteiger partial charge in [0, 0.05) is 0 Å². The number of rotatable bonds is 5. The zero-order valence-electron chi connectivity index (χ0n) is 9.42. The van der Waals surface area contributed by atoms with Gasteiger partial charge in [0.15, 0.2) is 11.5 Å². The molecule has 0 radical (unpaired) electrons. The number of aromatic hydroxyl groups is 1. The van der Waals surface area contributed by atoms with E-state index in [1.165, 1.54) is 0 Å². The van der Waals surface area contributed by atoms with Crippen LogP contribution in [-0.4, -0.2) is 18.8 Å². The maximum atomic E-state index is 9.86. The summed E-state index contributed by atoms with van der Waals surface area (Å²) in [4.78, 5) is 0. The summed E-state index contributed by atoms with van der Waals surface area (Å²) in [5.41, 5.74) is 7.48. The molecule has 0 aliphatic heterocycles. The van der Waals surface area contributed by atoms with E-state index in [-0.39, 0.29) is 5.75 Å². The first-order chi connectivity index (χ1) is 7.19. The van der Waals surface area contributed by atoms with Gasteiger partial charge in [0.05, 0.1) is 7.11 Å². The maximum absolute atomic E-state index is 9.86. The van der Waals surface area contributed by atoms with Crippen LogP contribution in [0.2, 0.25) is 0 Å². The lowest BCUT2D eigenvalue weighted by atomic mass is 10.0. The van der Waals surface area contributed by atoms with Gasteiger partial charge < -0.3 is 15.6 Å². The summed E-state index contributed by atoms with van der Waals surface area (Å²) in [6.45, 7) is 2.69. The van der Waals surface area contributed by atoms with Crippen molar-refractivity contribution in [3.8, 4) is 11.5 Å². The first-order valence-corrected chi connectivity index (χ1v) is 5.25. The van der Waals surface area contributed by atoms with E-state index in [1.807, 2.05) is 19.1 Å². The van der Waals surface area contributed by atoms with Crippen LogP contribution in [0.15, 0.2) is 12.1 Å². The Bertz CT molecular complexity index is 324. The number of nitrogens with two attached hydrogens (primary N) is 1. The molecule has 0 amide bonds. The van der Waals surface area contributed by atoms with Crippen molar-refractivity contribution in [2.24, 2.45) is 5.73 Å². The molecule has 0 spiro atoms. The van der Waals surface area contributed by atoms with Crippen LogP contribution in [0, 0.1) is 6.92 Å². The molecule has 3 heteroatoms. The van der Waals surface area contributed by atoms with Crippen molar-refractivity contribution in [1.82, 2.24) is 0 Å². The molecule has 1 aromatic carbocycles. The Morgan fingerprint density at radius 2 is 2.07 bits per heavy atom. The van der Waals surface area contributed by atoms with Gasteiger partial charge in [-0.15, -0.1) is 0 Å². The molecule has 0 saturated carbocycles. The molecule has 3 nitrogen and oxygen atoms in total. The van der Waals surface area contributed by atoms with Gasteiger partial charge in [0.2, 0.25) is 0 Å². The van der Waals surface area contributed by atoms with Crippen LogP contribution < -0.4 is 10.5 Å². The number of ether oxygens (including phenoxy) is 1. The first kappa shape index (κ1) is 11.9. The highest BCUT2D eigenvalue weighted by atomic mass is 16.5. The number of phenols is 1. The van der Waals surface area contributed by atoms with Gasteiger partial charge in [-0.3, -0.25) is 0 Å². The number of hydrogen-bond acceptors (Lipinski definition) is 3. The van der Waals surface area contributed by atoms with E-state index in [0.717, 1.165) is 30.4 Å². The number of aryl methyl sites for hydroxylation is 2. The van der Waals surface area contributed by atoms with E-state index < -0.39 is 0 Å². The Kier molecular flexibility index (Phi) is 4.43. The normalized spacial score (nSPS) is 10.3. The number of benzene rings is 1. The fraction of sp³-hybridized carbons (Fsp3) is 0.500. The quantitative estimate of drug-likeness (QED) is 0.729. The minimum atomic E-state index is 0.264. The zero-order valence-corrected chi connectivity index (χ0v) is 9.42. The Labute approximate surface area is 90.9 Å². The Morgan fingerprint density at radius 3 is 2.67 bits per heavy atom.